The normalized spacial score (nSPS) is 14.2. The fourth-order valence-corrected chi connectivity index (χ4v) is 1.90. The standard InChI is InChI=1S/C13H20N4O2/c1-3-16(2)12(18)7-15-13(19)11-6-9(14)8-17(11)10-4-5-10/h6,8,10H,3-5,7,14H2,1-2H3,(H,15,19). The van der Waals surface area contributed by atoms with Crippen molar-refractivity contribution in [1.29, 1.82) is 0 Å². The van der Waals surface area contributed by atoms with Gasteiger partial charge in [-0.3, -0.25) is 9.59 Å². The molecule has 1 aliphatic carbocycles. The van der Waals surface area contributed by atoms with E-state index in [2.05, 4.69) is 5.32 Å². The first-order valence-electron chi connectivity index (χ1n) is 6.52. The molecule has 1 heterocycles. The maximum absolute atomic E-state index is 12.1. The van der Waals surface area contributed by atoms with Crippen molar-refractivity contribution in [1.82, 2.24) is 14.8 Å². The lowest BCUT2D eigenvalue weighted by Gasteiger charge is -2.15. The highest BCUT2D eigenvalue weighted by Gasteiger charge is 2.27. The topological polar surface area (TPSA) is 80.4 Å². The van der Waals surface area contributed by atoms with Gasteiger partial charge in [-0.25, -0.2) is 0 Å². The molecule has 0 spiro atoms. The van der Waals surface area contributed by atoms with Crippen molar-refractivity contribution in [2.45, 2.75) is 25.8 Å². The Balaban J connectivity index is 1.98. The zero-order chi connectivity index (χ0) is 14.0. The number of hydrogen-bond donors (Lipinski definition) is 2. The Morgan fingerprint density at radius 3 is 2.79 bits per heavy atom. The molecular formula is C13H20N4O2. The van der Waals surface area contributed by atoms with Crippen molar-refractivity contribution in [2.75, 3.05) is 25.9 Å². The highest BCUT2D eigenvalue weighted by atomic mass is 16.2. The minimum Gasteiger partial charge on any atom is -0.397 e. The summed E-state index contributed by atoms with van der Waals surface area (Å²) in [5, 5.41) is 2.64. The van der Waals surface area contributed by atoms with Gasteiger partial charge in [0, 0.05) is 25.8 Å². The molecule has 0 saturated heterocycles. The molecule has 0 unspecified atom stereocenters. The van der Waals surface area contributed by atoms with E-state index in [1.807, 2.05) is 11.5 Å². The molecule has 0 aliphatic heterocycles. The lowest BCUT2D eigenvalue weighted by atomic mass is 10.3. The van der Waals surface area contributed by atoms with Crippen molar-refractivity contribution in [3.8, 4) is 0 Å². The quantitative estimate of drug-likeness (QED) is 0.817. The van der Waals surface area contributed by atoms with Gasteiger partial charge >= 0.3 is 0 Å². The first kappa shape index (κ1) is 13.5. The van der Waals surface area contributed by atoms with Gasteiger partial charge in [-0.15, -0.1) is 0 Å². The van der Waals surface area contributed by atoms with Crippen LogP contribution < -0.4 is 11.1 Å². The third-order valence-corrected chi connectivity index (χ3v) is 3.34. The summed E-state index contributed by atoms with van der Waals surface area (Å²) in [6, 6.07) is 2.04. The lowest BCUT2D eigenvalue weighted by molar-refractivity contribution is -0.128. The summed E-state index contributed by atoms with van der Waals surface area (Å²) in [7, 11) is 1.71. The van der Waals surface area contributed by atoms with Crippen molar-refractivity contribution in [3.05, 3.63) is 18.0 Å². The fourth-order valence-electron chi connectivity index (χ4n) is 1.90. The molecule has 6 nitrogen and oxygen atoms in total. The largest absolute Gasteiger partial charge is 0.397 e. The second kappa shape index (κ2) is 5.34. The summed E-state index contributed by atoms with van der Waals surface area (Å²) in [5.41, 5.74) is 6.84. The molecule has 6 heteroatoms. The third kappa shape index (κ3) is 3.07. The first-order chi connectivity index (χ1) is 9.02. The molecule has 19 heavy (non-hydrogen) atoms. The number of nitrogens with one attached hydrogen (secondary N) is 1. The third-order valence-electron chi connectivity index (χ3n) is 3.34. The van der Waals surface area contributed by atoms with Crippen LogP contribution in [0.15, 0.2) is 12.3 Å². The van der Waals surface area contributed by atoms with Crippen molar-refractivity contribution in [2.24, 2.45) is 0 Å². The van der Waals surface area contributed by atoms with Gasteiger partial charge in [0.05, 0.1) is 12.2 Å². The summed E-state index contributed by atoms with van der Waals surface area (Å²) in [6.07, 6.45) is 3.93. The number of nitrogens with two attached hydrogens (primary N) is 1. The minimum absolute atomic E-state index is 0.0128. The summed E-state index contributed by atoms with van der Waals surface area (Å²) < 4.78 is 1.90. The SMILES string of the molecule is CCN(C)C(=O)CNC(=O)c1cc(N)cn1C1CC1. The number of hydrogen-bond acceptors (Lipinski definition) is 3. The van der Waals surface area contributed by atoms with Gasteiger partial charge in [0.15, 0.2) is 0 Å². The van der Waals surface area contributed by atoms with Crippen molar-refractivity contribution >= 4 is 17.5 Å². The number of amides is 2. The fraction of sp³-hybridized carbons (Fsp3) is 0.538. The van der Waals surface area contributed by atoms with Crippen LogP contribution in [-0.4, -0.2) is 41.4 Å². The number of nitrogens with zero attached hydrogens (tertiary/aromatic N) is 2. The molecule has 0 aromatic carbocycles. The molecule has 2 rings (SSSR count). The Morgan fingerprint density at radius 1 is 1.53 bits per heavy atom. The average Bonchev–Trinajstić information content (AvgIpc) is 3.17. The number of rotatable bonds is 5. The van der Waals surface area contributed by atoms with E-state index in [1.165, 1.54) is 0 Å². The van der Waals surface area contributed by atoms with Crippen LogP contribution in [0, 0.1) is 0 Å². The zero-order valence-corrected chi connectivity index (χ0v) is 11.3. The van der Waals surface area contributed by atoms with Gasteiger partial charge < -0.3 is 20.5 Å². The van der Waals surface area contributed by atoms with E-state index in [0.29, 0.717) is 24.0 Å². The minimum atomic E-state index is -0.249. The van der Waals surface area contributed by atoms with Gasteiger partial charge in [-0.2, -0.15) is 0 Å². The second-order valence-corrected chi connectivity index (χ2v) is 4.89. The maximum Gasteiger partial charge on any atom is 0.268 e. The van der Waals surface area contributed by atoms with Crippen LogP contribution in [0.3, 0.4) is 0 Å². The Labute approximate surface area is 112 Å². The molecule has 0 atom stereocenters. The lowest BCUT2D eigenvalue weighted by Crippen LogP contribution is -2.38. The Kier molecular flexibility index (Phi) is 3.78. The predicted octanol–water partition coefficient (Wildman–Crippen LogP) is 0.613. The molecule has 0 bridgehead atoms. The van der Waals surface area contributed by atoms with Crippen LogP contribution in [0.5, 0.6) is 0 Å². The number of carbonyl (C=O) groups excluding carboxylic acids is 2. The molecule has 1 saturated carbocycles. The van der Waals surface area contributed by atoms with E-state index in [0.717, 1.165) is 12.8 Å². The van der Waals surface area contributed by atoms with Crippen molar-refractivity contribution in [3.63, 3.8) is 0 Å². The summed E-state index contributed by atoms with van der Waals surface area (Å²) in [5.74, 6) is -0.352. The van der Waals surface area contributed by atoms with Gasteiger partial charge in [0.1, 0.15) is 5.69 Å². The van der Waals surface area contributed by atoms with Crippen LogP contribution >= 0.6 is 0 Å². The molecule has 3 N–H and O–H groups in total. The predicted molar refractivity (Wildman–Crippen MR) is 72.8 cm³/mol. The molecule has 2 amide bonds. The van der Waals surface area contributed by atoms with E-state index >= 15 is 0 Å². The summed E-state index contributed by atoms with van der Waals surface area (Å²) in [6.45, 7) is 2.53. The van der Waals surface area contributed by atoms with Gasteiger partial charge in [-0.1, -0.05) is 0 Å². The van der Waals surface area contributed by atoms with E-state index in [4.69, 9.17) is 5.73 Å². The maximum atomic E-state index is 12.1. The van der Waals surface area contributed by atoms with Crippen LogP contribution in [0.1, 0.15) is 36.3 Å². The van der Waals surface area contributed by atoms with Crippen molar-refractivity contribution < 1.29 is 9.59 Å². The van der Waals surface area contributed by atoms with Gasteiger partial charge in [0.2, 0.25) is 5.91 Å². The molecule has 1 aromatic heterocycles. The van der Waals surface area contributed by atoms with Crippen LogP contribution in [0.2, 0.25) is 0 Å². The highest BCUT2D eigenvalue weighted by molar-refractivity contribution is 5.96. The average molecular weight is 264 g/mol. The Morgan fingerprint density at radius 2 is 2.21 bits per heavy atom. The number of nitrogen functional groups attached to an aromatic ring is 1. The van der Waals surface area contributed by atoms with E-state index in [-0.39, 0.29) is 18.4 Å². The molecule has 1 aliphatic rings. The Hall–Kier alpha value is -1.98. The highest BCUT2D eigenvalue weighted by Crippen LogP contribution is 2.37. The zero-order valence-electron chi connectivity index (χ0n) is 11.3. The Bertz CT molecular complexity index is 491. The number of anilines is 1. The number of carbonyl (C=O) groups is 2. The summed E-state index contributed by atoms with van der Waals surface area (Å²) >= 11 is 0. The molecule has 104 valence electrons. The number of likely N-dealkylation sites (N-methyl/N-ethyl adjacent to an activating group) is 1. The van der Waals surface area contributed by atoms with E-state index in [1.54, 1.807) is 24.2 Å². The van der Waals surface area contributed by atoms with E-state index in [9.17, 15) is 9.59 Å². The van der Waals surface area contributed by atoms with Crippen LogP contribution in [-0.2, 0) is 4.79 Å². The smallest absolute Gasteiger partial charge is 0.268 e. The second-order valence-electron chi connectivity index (χ2n) is 4.89. The van der Waals surface area contributed by atoms with Crippen LogP contribution in [0.25, 0.3) is 0 Å². The van der Waals surface area contributed by atoms with Gasteiger partial charge in [0.25, 0.3) is 5.91 Å². The monoisotopic (exact) mass is 264 g/mol. The first-order valence-corrected chi connectivity index (χ1v) is 6.52. The van der Waals surface area contributed by atoms with Gasteiger partial charge in [-0.05, 0) is 25.8 Å². The molecule has 1 fully saturated rings. The van der Waals surface area contributed by atoms with E-state index < -0.39 is 0 Å². The molecule has 1 aromatic rings. The molecule has 0 radical (unpaired) electrons. The summed E-state index contributed by atoms with van der Waals surface area (Å²) in [4.78, 5) is 25.3. The number of aromatic nitrogens is 1. The van der Waals surface area contributed by atoms with Crippen LogP contribution in [0.4, 0.5) is 5.69 Å². The molecular weight excluding hydrogens is 244 g/mol.